The second-order valence-electron chi connectivity index (χ2n) is 3.03. The van der Waals surface area contributed by atoms with E-state index in [4.69, 9.17) is 4.74 Å². The third kappa shape index (κ3) is 1.51. The van der Waals surface area contributed by atoms with E-state index in [1.165, 1.54) is 7.11 Å². The number of alkyl halides is 2. The summed E-state index contributed by atoms with van der Waals surface area (Å²) < 4.78 is 29.4. The minimum absolute atomic E-state index is 0.312. The Balaban J connectivity index is 2.43. The zero-order chi connectivity index (χ0) is 8.48. The fourth-order valence-electron chi connectivity index (χ4n) is 1.48. The summed E-state index contributed by atoms with van der Waals surface area (Å²) in [5.74, 6) is 0.991. The van der Waals surface area contributed by atoms with E-state index in [9.17, 15) is 8.78 Å². The summed E-state index contributed by atoms with van der Waals surface area (Å²) in [4.78, 5) is 0. The van der Waals surface area contributed by atoms with Gasteiger partial charge in [-0.05, 0) is 24.5 Å². The molecule has 0 N–H and O–H groups in total. The van der Waals surface area contributed by atoms with E-state index in [-0.39, 0.29) is 0 Å². The van der Waals surface area contributed by atoms with Gasteiger partial charge in [0.1, 0.15) is 5.60 Å². The molecule has 1 nitrogen and oxygen atoms in total. The second-order valence-corrected chi connectivity index (χ2v) is 3.39. The molecule has 0 aromatic heterocycles. The van der Waals surface area contributed by atoms with E-state index in [0.29, 0.717) is 24.5 Å². The van der Waals surface area contributed by atoms with Gasteiger partial charge in [-0.25, -0.2) is 8.78 Å². The van der Waals surface area contributed by atoms with Crippen molar-refractivity contribution < 1.29 is 13.5 Å². The molecule has 66 valence electrons. The molecular formula is C7H12F2OS. The van der Waals surface area contributed by atoms with Crippen molar-refractivity contribution in [2.75, 3.05) is 12.9 Å². The summed E-state index contributed by atoms with van der Waals surface area (Å²) in [6.07, 6.45) is -1.46. The smallest absolute Gasteiger partial charge is 0.267 e. The number of hydrogen-bond acceptors (Lipinski definition) is 2. The van der Waals surface area contributed by atoms with Crippen molar-refractivity contribution in [2.24, 2.45) is 5.92 Å². The lowest BCUT2D eigenvalue weighted by Crippen LogP contribution is -2.51. The Kier molecular flexibility index (Phi) is 2.75. The van der Waals surface area contributed by atoms with Gasteiger partial charge in [-0.2, -0.15) is 12.6 Å². The molecule has 0 atom stereocenters. The molecule has 0 spiro atoms. The minimum atomic E-state index is -2.36. The molecule has 1 fully saturated rings. The number of rotatable bonds is 3. The van der Waals surface area contributed by atoms with Crippen molar-refractivity contribution in [1.29, 1.82) is 0 Å². The fourth-order valence-corrected chi connectivity index (χ4v) is 1.74. The SMILES string of the molecule is COC1(C(F)F)CC(CS)C1. The fraction of sp³-hybridized carbons (Fsp3) is 1.00. The first kappa shape index (κ1) is 9.26. The Labute approximate surface area is 70.5 Å². The predicted octanol–water partition coefficient (Wildman–Crippen LogP) is 1.98. The highest BCUT2D eigenvalue weighted by molar-refractivity contribution is 7.80. The topological polar surface area (TPSA) is 9.23 Å². The molecule has 0 saturated heterocycles. The normalized spacial score (nSPS) is 37.4. The maximum Gasteiger partial charge on any atom is 0.267 e. The summed E-state index contributed by atoms with van der Waals surface area (Å²) in [6, 6.07) is 0. The number of methoxy groups -OCH3 is 1. The van der Waals surface area contributed by atoms with Crippen LogP contribution >= 0.6 is 12.6 Å². The van der Waals surface area contributed by atoms with Gasteiger partial charge in [-0.1, -0.05) is 0 Å². The summed E-state index contributed by atoms with van der Waals surface area (Å²) in [6.45, 7) is 0. The maximum atomic E-state index is 12.3. The highest BCUT2D eigenvalue weighted by Gasteiger charge is 2.50. The van der Waals surface area contributed by atoms with Crippen LogP contribution < -0.4 is 0 Å². The zero-order valence-corrected chi connectivity index (χ0v) is 7.28. The third-order valence-electron chi connectivity index (χ3n) is 2.33. The molecule has 1 aliphatic rings. The standard InChI is InChI=1S/C7H12F2OS/c1-10-7(6(8)9)2-5(3-7)4-11/h5-6,11H,2-4H2,1H3. The zero-order valence-electron chi connectivity index (χ0n) is 6.39. The molecule has 1 aliphatic carbocycles. The lowest BCUT2D eigenvalue weighted by molar-refractivity contribution is -0.184. The molecule has 0 aliphatic heterocycles. The van der Waals surface area contributed by atoms with E-state index in [2.05, 4.69) is 12.6 Å². The van der Waals surface area contributed by atoms with Crippen LogP contribution in [-0.4, -0.2) is 24.9 Å². The van der Waals surface area contributed by atoms with E-state index < -0.39 is 12.0 Å². The molecule has 0 radical (unpaired) electrons. The van der Waals surface area contributed by atoms with Crippen LogP contribution in [0.1, 0.15) is 12.8 Å². The van der Waals surface area contributed by atoms with Crippen molar-refractivity contribution >= 4 is 12.6 Å². The van der Waals surface area contributed by atoms with Gasteiger partial charge in [-0.3, -0.25) is 0 Å². The van der Waals surface area contributed by atoms with Gasteiger partial charge < -0.3 is 4.74 Å². The average Bonchev–Trinajstić information content (AvgIpc) is 1.86. The highest BCUT2D eigenvalue weighted by atomic mass is 32.1. The van der Waals surface area contributed by atoms with Gasteiger partial charge >= 0.3 is 0 Å². The van der Waals surface area contributed by atoms with Gasteiger partial charge in [0, 0.05) is 7.11 Å². The average molecular weight is 182 g/mol. The summed E-state index contributed by atoms with van der Waals surface area (Å²) >= 11 is 4.03. The largest absolute Gasteiger partial charge is 0.372 e. The molecule has 1 saturated carbocycles. The summed E-state index contributed by atoms with van der Waals surface area (Å²) in [5, 5.41) is 0. The van der Waals surface area contributed by atoms with Crippen LogP contribution in [0.3, 0.4) is 0 Å². The number of thiol groups is 1. The Morgan fingerprint density at radius 2 is 2.18 bits per heavy atom. The van der Waals surface area contributed by atoms with E-state index in [0.717, 1.165) is 0 Å². The summed E-state index contributed by atoms with van der Waals surface area (Å²) in [5.41, 5.74) is -1.15. The van der Waals surface area contributed by atoms with Crippen LogP contribution in [0.4, 0.5) is 8.78 Å². The number of halogens is 2. The van der Waals surface area contributed by atoms with Gasteiger partial charge in [0.25, 0.3) is 6.43 Å². The van der Waals surface area contributed by atoms with Crippen molar-refractivity contribution in [3.63, 3.8) is 0 Å². The monoisotopic (exact) mass is 182 g/mol. The van der Waals surface area contributed by atoms with Crippen LogP contribution in [-0.2, 0) is 4.74 Å². The van der Waals surface area contributed by atoms with E-state index in [1.54, 1.807) is 0 Å². The lowest BCUT2D eigenvalue weighted by Gasteiger charge is -2.45. The van der Waals surface area contributed by atoms with Crippen molar-refractivity contribution in [3.8, 4) is 0 Å². The number of hydrogen-bond donors (Lipinski definition) is 1. The van der Waals surface area contributed by atoms with Crippen molar-refractivity contribution in [3.05, 3.63) is 0 Å². The molecular weight excluding hydrogens is 170 g/mol. The third-order valence-corrected chi connectivity index (χ3v) is 2.85. The van der Waals surface area contributed by atoms with Crippen LogP contribution in [0, 0.1) is 5.92 Å². The molecule has 0 aromatic rings. The molecule has 11 heavy (non-hydrogen) atoms. The Hall–Kier alpha value is 0.170. The highest BCUT2D eigenvalue weighted by Crippen LogP contribution is 2.44. The van der Waals surface area contributed by atoms with Gasteiger partial charge in [0.15, 0.2) is 0 Å². The van der Waals surface area contributed by atoms with Gasteiger partial charge in [0.05, 0.1) is 0 Å². The van der Waals surface area contributed by atoms with Crippen LogP contribution in [0.15, 0.2) is 0 Å². The van der Waals surface area contributed by atoms with Crippen molar-refractivity contribution in [2.45, 2.75) is 24.9 Å². The van der Waals surface area contributed by atoms with Gasteiger partial charge in [0.2, 0.25) is 0 Å². The predicted molar refractivity (Wildman–Crippen MR) is 42.3 cm³/mol. The molecule has 0 aromatic carbocycles. The Bertz CT molecular complexity index is 134. The molecule has 0 unspecified atom stereocenters. The first-order chi connectivity index (χ1) is 5.14. The first-order valence-corrected chi connectivity index (χ1v) is 4.22. The molecule has 4 heteroatoms. The van der Waals surface area contributed by atoms with Crippen LogP contribution in [0.5, 0.6) is 0 Å². The van der Waals surface area contributed by atoms with Crippen LogP contribution in [0.2, 0.25) is 0 Å². The Morgan fingerprint density at radius 3 is 2.45 bits per heavy atom. The number of ether oxygens (including phenoxy) is 1. The molecule has 0 bridgehead atoms. The maximum absolute atomic E-state index is 12.3. The Morgan fingerprint density at radius 1 is 1.64 bits per heavy atom. The van der Waals surface area contributed by atoms with E-state index >= 15 is 0 Å². The second kappa shape index (κ2) is 3.27. The minimum Gasteiger partial charge on any atom is -0.372 e. The van der Waals surface area contributed by atoms with Crippen LogP contribution in [0.25, 0.3) is 0 Å². The summed E-state index contributed by atoms with van der Waals surface area (Å²) in [7, 11) is 1.35. The van der Waals surface area contributed by atoms with Crippen molar-refractivity contribution in [1.82, 2.24) is 0 Å². The molecule has 1 rings (SSSR count). The first-order valence-electron chi connectivity index (χ1n) is 3.59. The molecule has 0 heterocycles. The molecule has 0 amide bonds. The van der Waals surface area contributed by atoms with E-state index in [1.807, 2.05) is 0 Å². The van der Waals surface area contributed by atoms with Gasteiger partial charge in [-0.15, -0.1) is 0 Å². The quantitative estimate of drug-likeness (QED) is 0.656. The lowest BCUT2D eigenvalue weighted by atomic mass is 9.72.